The van der Waals surface area contributed by atoms with Crippen LogP contribution in [0.15, 0.2) is 10.7 Å². The Labute approximate surface area is 141 Å². The normalized spacial score (nSPS) is 13.5. The molecule has 7 heteroatoms. The first-order chi connectivity index (χ1) is 10.6. The molecule has 0 saturated heterocycles. The highest BCUT2D eigenvalue weighted by atomic mass is 79.9. The number of rotatable bonds is 3. The van der Waals surface area contributed by atoms with Gasteiger partial charge in [-0.25, -0.2) is 0 Å². The summed E-state index contributed by atoms with van der Waals surface area (Å²) in [5.41, 5.74) is 2.09. The van der Waals surface area contributed by atoms with Crippen LogP contribution in [0, 0.1) is 11.3 Å². The second-order valence-corrected chi connectivity index (χ2v) is 7.12. The van der Waals surface area contributed by atoms with Crippen molar-refractivity contribution >= 4 is 38.2 Å². The van der Waals surface area contributed by atoms with Crippen molar-refractivity contribution < 1.29 is 4.79 Å². The van der Waals surface area contributed by atoms with Gasteiger partial charge in [-0.05, 0) is 54.1 Å². The number of aromatic nitrogens is 2. The van der Waals surface area contributed by atoms with E-state index in [9.17, 15) is 10.1 Å². The Bertz CT molecular complexity index is 771. The highest BCUT2D eigenvalue weighted by Gasteiger charge is 2.23. The van der Waals surface area contributed by atoms with Crippen molar-refractivity contribution in [3.63, 3.8) is 0 Å². The number of fused-ring (bicyclic) bond motifs is 1. The number of thiophene rings is 1. The quantitative estimate of drug-likeness (QED) is 0.884. The van der Waals surface area contributed by atoms with E-state index in [2.05, 4.69) is 32.4 Å². The Morgan fingerprint density at radius 1 is 1.55 bits per heavy atom. The standard InChI is InChI=1S/C15H15BrN4OS/c1-2-20-8-11(16)13(19-20)14(21)18-15-10(7-17)9-5-3-4-6-12(9)22-15/h8H,2-6H2,1H3,(H,18,21). The lowest BCUT2D eigenvalue weighted by Gasteiger charge is -2.09. The van der Waals surface area contributed by atoms with Crippen LogP contribution in [0.1, 0.15) is 46.3 Å². The molecule has 0 saturated carbocycles. The van der Waals surface area contributed by atoms with Gasteiger partial charge in [0.1, 0.15) is 11.1 Å². The molecule has 3 rings (SSSR count). The number of nitriles is 1. The molecule has 0 fully saturated rings. The number of carbonyl (C=O) groups is 1. The Kier molecular flexibility index (Phi) is 4.32. The van der Waals surface area contributed by atoms with Crippen molar-refractivity contribution in [3.05, 3.63) is 32.4 Å². The Hall–Kier alpha value is -1.65. The average molecular weight is 379 g/mol. The van der Waals surface area contributed by atoms with Crippen molar-refractivity contribution in [2.24, 2.45) is 0 Å². The van der Waals surface area contributed by atoms with Crippen LogP contribution >= 0.6 is 27.3 Å². The molecule has 0 aliphatic heterocycles. The van der Waals surface area contributed by atoms with Crippen LogP contribution in [0.4, 0.5) is 5.00 Å². The summed E-state index contributed by atoms with van der Waals surface area (Å²) in [7, 11) is 0. The van der Waals surface area contributed by atoms with Crippen LogP contribution in [0.3, 0.4) is 0 Å². The van der Waals surface area contributed by atoms with Gasteiger partial charge in [0.05, 0.1) is 10.0 Å². The molecular formula is C15H15BrN4OS. The second kappa shape index (κ2) is 6.23. The second-order valence-electron chi connectivity index (χ2n) is 5.16. The van der Waals surface area contributed by atoms with Crippen LogP contribution in [0.2, 0.25) is 0 Å². The molecule has 2 heterocycles. The highest BCUT2D eigenvalue weighted by Crippen LogP contribution is 2.37. The van der Waals surface area contributed by atoms with Gasteiger partial charge in [0.25, 0.3) is 5.91 Å². The zero-order valence-corrected chi connectivity index (χ0v) is 14.6. The fourth-order valence-electron chi connectivity index (χ4n) is 2.65. The first kappa shape index (κ1) is 15.3. The Morgan fingerprint density at radius 2 is 2.32 bits per heavy atom. The van der Waals surface area contributed by atoms with E-state index in [1.54, 1.807) is 10.9 Å². The molecule has 5 nitrogen and oxygen atoms in total. The lowest BCUT2D eigenvalue weighted by atomic mass is 9.96. The third-order valence-electron chi connectivity index (χ3n) is 3.77. The predicted octanol–water partition coefficient (Wildman–Crippen LogP) is 3.73. The smallest absolute Gasteiger partial charge is 0.277 e. The minimum Gasteiger partial charge on any atom is -0.311 e. The molecule has 1 aliphatic rings. The first-order valence-electron chi connectivity index (χ1n) is 7.23. The number of hydrogen-bond acceptors (Lipinski definition) is 4. The number of nitrogens with one attached hydrogen (secondary N) is 1. The summed E-state index contributed by atoms with van der Waals surface area (Å²) in [4.78, 5) is 13.7. The van der Waals surface area contributed by atoms with Gasteiger partial charge in [-0.2, -0.15) is 10.4 Å². The lowest BCUT2D eigenvalue weighted by molar-refractivity contribution is 0.102. The summed E-state index contributed by atoms with van der Waals surface area (Å²) < 4.78 is 2.36. The van der Waals surface area contributed by atoms with Gasteiger partial charge in [-0.15, -0.1) is 11.3 Å². The van der Waals surface area contributed by atoms with Crippen LogP contribution in [0.25, 0.3) is 0 Å². The third-order valence-corrected chi connectivity index (χ3v) is 5.55. The Morgan fingerprint density at radius 3 is 3.00 bits per heavy atom. The van der Waals surface area contributed by atoms with Gasteiger partial charge in [0, 0.05) is 17.6 Å². The maximum Gasteiger partial charge on any atom is 0.277 e. The van der Waals surface area contributed by atoms with E-state index in [-0.39, 0.29) is 5.91 Å². The lowest BCUT2D eigenvalue weighted by Crippen LogP contribution is -2.14. The maximum absolute atomic E-state index is 12.4. The van der Waals surface area contributed by atoms with Gasteiger partial charge >= 0.3 is 0 Å². The average Bonchev–Trinajstić information content (AvgIpc) is 3.06. The van der Waals surface area contributed by atoms with Gasteiger partial charge in [-0.1, -0.05) is 0 Å². The van der Waals surface area contributed by atoms with E-state index in [0.29, 0.717) is 27.3 Å². The van der Waals surface area contributed by atoms with Crippen molar-refractivity contribution in [1.82, 2.24) is 9.78 Å². The largest absolute Gasteiger partial charge is 0.311 e. The molecule has 2 aromatic heterocycles. The number of carbonyl (C=O) groups excluding carboxylic acids is 1. The van der Waals surface area contributed by atoms with E-state index in [4.69, 9.17) is 0 Å². The third kappa shape index (κ3) is 2.69. The zero-order valence-electron chi connectivity index (χ0n) is 12.1. The van der Waals surface area contributed by atoms with Gasteiger partial charge in [0.2, 0.25) is 0 Å². The molecule has 0 radical (unpaired) electrons. The minimum absolute atomic E-state index is 0.283. The molecule has 0 bridgehead atoms. The van der Waals surface area contributed by atoms with Crippen LogP contribution in [-0.2, 0) is 19.4 Å². The van der Waals surface area contributed by atoms with Crippen LogP contribution in [-0.4, -0.2) is 15.7 Å². The molecule has 114 valence electrons. The maximum atomic E-state index is 12.4. The minimum atomic E-state index is -0.283. The monoisotopic (exact) mass is 378 g/mol. The summed E-state index contributed by atoms with van der Waals surface area (Å²) >= 11 is 4.88. The molecule has 22 heavy (non-hydrogen) atoms. The van der Waals surface area contributed by atoms with E-state index in [1.165, 1.54) is 16.2 Å². The molecule has 2 aromatic rings. The molecule has 0 aromatic carbocycles. The number of halogens is 1. The predicted molar refractivity (Wildman–Crippen MR) is 89.2 cm³/mol. The van der Waals surface area contributed by atoms with Crippen molar-refractivity contribution in [2.75, 3.05) is 5.32 Å². The molecule has 1 amide bonds. The number of nitrogens with zero attached hydrogens (tertiary/aromatic N) is 3. The fraction of sp³-hybridized carbons (Fsp3) is 0.400. The number of anilines is 1. The van der Waals surface area contributed by atoms with Crippen LogP contribution < -0.4 is 5.32 Å². The summed E-state index contributed by atoms with van der Waals surface area (Å²) in [5, 5.41) is 17.2. The molecule has 1 N–H and O–H groups in total. The van der Waals surface area contributed by atoms with Gasteiger partial charge in [-0.3, -0.25) is 9.48 Å². The highest BCUT2D eigenvalue weighted by molar-refractivity contribution is 9.10. The van der Waals surface area contributed by atoms with Gasteiger partial charge < -0.3 is 5.32 Å². The Balaban J connectivity index is 1.89. The summed E-state index contributed by atoms with van der Waals surface area (Å²) in [6, 6.07) is 2.25. The van der Waals surface area contributed by atoms with E-state index >= 15 is 0 Å². The molecule has 0 unspecified atom stereocenters. The summed E-state index contributed by atoms with van der Waals surface area (Å²) in [5.74, 6) is -0.283. The van der Waals surface area contributed by atoms with E-state index in [1.807, 2.05) is 6.92 Å². The van der Waals surface area contributed by atoms with E-state index < -0.39 is 0 Å². The SMILES string of the molecule is CCn1cc(Br)c(C(=O)Nc2sc3c(c2C#N)CCCC3)n1. The zero-order chi connectivity index (χ0) is 15.7. The first-order valence-corrected chi connectivity index (χ1v) is 8.84. The summed E-state index contributed by atoms with van der Waals surface area (Å²) in [6.45, 7) is 2.66. The van der Waals surface area contributed by atoms with Crippen molar-refractivity contribution in [3.8, 4) is 6.07 Å². The van der Waals surface area contributed by atoms with Crippen molar-refractivity contribution in [1.29, 1.82) is 5.26 Å². The molecular weight excluding hydrogens is 364 g/mol. The number of hydrogen-bond donors (Lipinski definition) is 1. The number of aryl methyl sites for hydroxylation is 2. The van der Waals surface area contributed by atoms with Crippen LogP contribution in [0.5, 0.6) is 0 Å². The van der Waals surface area contributed by atoms with Crippen molar-refractivity contribution in [2.45, 2.75) is 39.2 Å². The molecule has 0 spiro atoms. The van der Waals surface area contributed by atoms with E-state index in [0.717, 1.165) is 31.2 Å². The number of amides is 1. The fourth-order valence-corrected chi connectivity index (χ4v) is 4.38. The van der Waals surface area contributed by atoms with Gasteiger partial charge in [0.15, 0.2) is 5.69 Å². The molecule has 1 aliphatic carbocycles. The summed E-state index contributed by atoms with van der Waals surface area (Å²) in [6.07, 6.45) is 5.97. The molecule has 0 atom stereocenters. The topological polar surface area (TPSA) is 70.7 Å².